The Morgan fingerprint density at radius 3 is 2.81 bits per heavy atom. The first-order valence-electron chi connectivity index (χ1n) is 5.60. The van der Waals surface area contributed by atoms with Crippen molar-refractivity contribution in [2.45, 2.75) is 19.0 Å². The second-order valence-corrected chi connectivity index (χ2v) is 3.85. The molecule has 0 aliphatic heterocycles. The van der Waals surface area contributed by atoms with Gasteiger partial charge in [-0.3, -0.25) is 0 Å². The van der Waals surface area contributed by atoms with Crippen LogP contribution in [0.15, 0.2) is 21.6 Å². The van der Waals surface area contributed by atoms with Crippen LogP contribution in [0.1, 0.15) is 17.4 Å². The summed E-state index contributed by atoms with van der Waals surface area (Å²) >= 11 is 0. The molecule has 0 spiro atoms. The minimum absolute atomic E-state index is 0.0418. The zero-order valence-corrected chi connectivity index (χ0v) is 10.4. The second-order valence-electron chi connectivity index (χ2n) is 3.85. The van der Waals surface area contributed by atoms with Crippen LogP contribution in [-0.4, -0.2) is 34.1 Å². The number of oxazole rings is 1. The molecular formula is C11H9F4N3O3. The van der Waals surface area contributed by atoms with Gasteiger partial charge < -0.3 is 13.7 Å². The van der Waals surface area contributed by atoms with Crippen LogP contribution in [-0.2, 0) is 11.3 Å². The fourth-order valence-corrected chi connectivity index (χ4v) is 1.20. The Labute approximate surface area is 115 Å². The molecule has 0 unspecified atom stereocenters. The summed E-state index contributed by atoms with van der Waals surface area (Å²) in [4.78, 5) is 7.60. The molecule has 0 aliphatic carbocycles. The molecule has 21 heavy (non-hydrogen) atoms. The topological polar surface area (TPSA) is 74.2 Å². The third kappa shape index (κ3) is 4.38. The molecule has 0 amide bonds. The van der Waals surface area contributed by atoms with Crippen molar-refractivity contribution < 1.29 is 31.2 Å². The van der Waals surface area contributed by atoms with Gasteiger partial charge in [-0.2, -0.15) is 13.8 Å². The summed E-state index contributed by atoms with van der Waals surface area (Å²) < 4.78 is 62.8. The van der Waals surface area contributed by atoms with Crippen molar-refractivity contribution in [1.29, 1.82) is 0 Å². The lowest BCUT2D eigenvalue weighted by Crippen LogP contribution is -2.32. The molecule has 0 radical (unpaired) electrons. The maximum absolute atomic E-state index is 12.6. The number of hydrogen-bond donors (Lipinski definition) is 0. The van der Waals surface area contributed by atoms with Crippen molar-refractivity contribution in [2.24, 2.45) is 0 Å². The van der Waals surface area contributed by atoms with Gasteiger partial charge in [-0.1, -0.05) is 5.16 Å². The quantitative estimate of drug-likeness (QED) is 0.732. The lowest BCUT2D eigenvalue weighted by molar-refractivity contribution is -0.168. The molecule has 10 heteroatoms. The molecule has 2 aromatic heterocycles. The summed E-state index contributed by atoms with van der Waals surface area (Å²) in [7, 11) is 0. The van der Waals surface area contributed by atoms with E-state index in [2.05, 4.69) is 19.9 Å². The highest BCUT2D eigenvalue weighted by Gasteiger charge is 2.41. The van der Waals surface area contributed by atoms with Gasteiger partial charge in [-0.15, -0.1) is 0 Å². The van der Waals surface area contributed by atoms with E-state index in [1.165, 1.54) is 24.8 Å². The third-order valence-corrected chi connectivity index (χ3v) is 2.18. The average molecular weight is 307 g/mol. The van der Waals surface area contributed by atoms with E-state index in [1.807, 2.05) is 0 Å². The third-order valence-electron chi connectivity index (χ3n) is 2.18. The van der Waals surface area contributed by atoms with Gasteiger partial charge in [0.25, 0.3) is 5.89 Å². The molecule has 6 nitrogen and oxygen atoms in total. The molecule has 0 bridgehead atoms. The molecular weight excluding hydrogens is 298 g/mol. The van der Waals surface area contributed by atoms with Crippen molar-refractivity contribution in [2.75, 3.05) is 6.61 Å². The van der Waals surface area contributed by atoms with Gasteiger partial charge in [0.15, 0.2) is 12.2 Å². The zero-order chi connectivity index (χ0) is 15.3. The lowest BCUT2D eigenvalue weighted by atomic mass is 10.4. The average Bonchev–Trinajstić information content (AvgIpc) is 3.07. The Morgan fingerprint density at radius 2 is 2.14 bits per heavy atom. The van der Waals surface area contributed by atoms with Crippen molar-refractivity contribution in [3.05, 3.63) is 30.1 Å². The highest BCUT2D eigenvalue weighted by atomic mass is 19.3. The lowest BCUT2D eigenvalue weighted by Gasteiger charge is -2.14. The molecule has 0 saturated heterocycles. The summed E-state index contributed by atoms with van der Waals surface area (Å²) in [5, 5.41) is 3.44. The molecule has 0 N–H and O–H groups in total. The standard InChI is InChI=1S/C11H9F4N3O3/c12-10(13)11(14,15)5-19-4-8-17-9(21-18-8)2-1-7-3-20-6-16-7/h1-3,6,10H,4-5H2/b2-1+. The molecule has 114 valence electrons. The van der Waals surface area contributed by atoms with Crippen LogP contribution in [0.5, 0.6) is 0 Å². The van der Waals surface area contributed by atoms with Crippen LogP contribution in [0.3, 0.4) is 0 Å². The van der Waals surface area contributed by atoms with Gasteiger partial charge in [0.05, 0.1) is 0 Å². The number of nitrogens with zero attached hydrogens (tertiary/aromatic N) is 3. The molecule has 0 aromatic carbocycles. The number of hydrogen-bond acceptors (Lipinski definition) is 6. The molecule has 0 atom stereocenters. The van der Waals surface area contributed by atoms with Gasteiger partial charge in [-0.05, 0) is 6.08 Å². The molecule has 0 saturated carbocycles. The van der Waals surface area contributed by atoms with Crippen LogP contribution in [0.2, 0.25) is 0 Å². The highest BCUT2D eigenvalue weighted by molar-refractivity contribution is 5.62. The number of aromatic nitrogens is 3. The van der Waals surface area contributed by atoms with Crippen LogP contribution in [0.25, 0.3) is 12.2 Å². The highest BCUT2D eigenvalue weighted by Crippen LogP contribution is 2.23. The number of alkyl halides is 4. The Balaban J connectivity index is 1.83. The first-order chi connectivity index (χ1) is 9.97. The van der Waals surface area contributed by atoms with E-state index in [0.717, 1.165) is 0 Å². The van der Waals surface area contributed by atoms with Gasteiger partial charge in [0.2, 0.25) is 0 Å². The molecule has 0 fully saturated rings. The fraction of sp³-hybridized carbons (Fsp3) is 0.364. The smallest absolute Gasteiger partial charge is 0.330 e. The van der Waals surface area contributed by atoms with E-state index in [4.69, 9.17) is 8.94 Å². The summed E-state index contributed by atoms with van der Waals surface area (Å²) in [5.74, 6) is -4.17. The van der Waals surface area contributed by atoms with E-state index >= 15 is 0 Å². The van der Waals surface area contributed by atoms with Gasteiger partial charge in [0, 0.05) is 6.08 Å². The van der Waals surface area contributed by atoms with E-state index < -0.39 is 25.6 Å². The maximum atomic E-state index is 12.6. The van der Waals surface area contributed by atoms with Gasteiger partial charge >= 0.3 is 12.3 Å². The van der Waals surface area contributed by atoms with Crippen molar-refractivity contribution in [3.8, 4) is 0 Å². The van der Waals surface area contributed by atoms with E-state index in [0.29, 0.717) is 5.69 Å². The van der Waals surface area contributed by atoms with Gasteiger partial charge in [-0.25, -0.2) is 13.8 Å². The molecule has 2 rings (SSSR count). The van der Waals surface area contributed by atoms with Crippen molar-refractivity contribution >= 4 is 12.2 Å². The number of rotatable bonds is 7. The summed E-state index contributed by atoms with van der Waals surface area (Å²) in [6, 6.07) is 0. The first kappa shape index (κ1) is 15.2. The first-order valence-corrected chi connectivity index (χ1v) is 5.60. The Bertz CT molecular complexity index is 583. The fourth-order valence-electron chi connectivity index (χ4n) is 1.20. The summed E-state index contributed by atoms with van der Waals surface area (Å²) in [6.07, 6.45) is 1.76. The van der Waals surface area contributed by atoms with Crippen LogP contribution in [0.4, 0.5) is 17.6 Å². The zero-order valence-electron chi connectivity index (χ0n) is 10.4. The van der Waals surface area contributed by atoms with E-state index in [-0.39, 0.29) is 11.7 Å². The van der Waals surface area contributed by atoms with Crippen LogP contribution < -0.4 is 0 Å². The van der Waals surface area contributed by atoms with E-state index in [9.17, 15) is 17.6 Å². The van der Waals surface area contributed by atoms with E-state index in [1.54, 1.807) is 0 Å². The largest absolute Gasteiger partial charge is 0.451 e. The minimum Gasteiger partial charge on any atom is -0.451 e. The minimum atomic E-state index is -4.21. The van der Waals surface area contributed by atoms with Crippen LogP contribution in [0, 0.1) is 0 Å². The monoisotopic (exact) mass is 307 g/mol. The van der Waals surface area contributed by atoms with Crippen molar-refractivity contribution in [1.82, 2.24) is 15.1 Å². The summed E-state index contributed by atoms with van der Waals surface area (Å²) in [6.45, 7) is -1.90. The molecule has 0 aliphatic rings. The maximum Gasteiger partial charge on any atom is 0.330 e. The normalized spacial score (nSPS) is 12.6. The Hall–Kier alpha value is -2.23. The Morgan fingerprint density at radius 1 is 1.33 bits per heavy atom. The van der Waals surface area contributed by atoms with Crippen LogP contribution >= 0.6 is 0 Å². The predicted octanol–water partition coefficient (Wildman–Crippen LogP) is 2.65. The summed E-state index contributed by atoms with van der Waals surface area (Å²) in [5.41, 5.74) is 0.516. The molecule has 2 aromatic rings. The Kier molecular flexibility index (Phi) is 4.68. The second kappa shape index (κ2) is 6.48. The van der Waals surface area contributed by atoms with Crippen molar-refractivity contribution in [3.63, 3.8) is 0 Å². The van der Waals surface area contributed by atoms with Gasteiger partial charge in [0.1, 0.15) is 25.2 Å². The SMILES string of the molecule is FC(F)C(F)(F)COCc1noc(/C=C/c2cocn2)n1. The predicted molar refractivity (Wildman–Crippen MR) is 60.3 cm³/mol. The number of halogens is 4. The molecule has 2 heterocycles. The number of ether oxygens (including phenoxy) is 1.